The summed E-state index contributed by atoms with van der Waals surface area (Å²) in [4.78, 5) is 39.0. The van der Waals surface area contributed by atoms with Crippen LogP contribution in [0, 0.1) is 19.8 Å². The smallest absolute Gasteiger partial charge is 0.325 e. The van der Waals surface area contributed by atoms with Crippen LogP contribution in [0.25, 0.3) is 0 Å². The van der Waals surface area contributed by atoms with Crippen LogP contribution in [0.15, 0.2) is 18.2 Å². The van der Waals surface area contributed by atoms with E-state index in [-0.39, 0.29) is 24.4 Å². The van der Waals surface area contributed by atoms with E-state index in [2.05, 4.69) is 23.6 Å². The lowest BCUT2D eigenvalue weighted by Gasteiger charge is -2.34. The summed E-state index contributed by atoms with van der Waals surface area (Å²) < 4.78 is 0. The van der Waals surface area contributed by atoms with Gasteiger partial charge in [-0.1, -0.05) is 37.1 Å². The fraction of sp³-hybridized carbons (Fsp3) is 0.591. The zero-order chi connectivity index (χ0) is 20.5. The summed E-state index contributed by atoms with van der Waals surface area (Å²) in [5.74, 6) is 0.0453. The first-order chi connectivity index (χ1) is 13.3. The zero-order valence-electron chi connectivity index (χ0n) is 17.3. The summed E-state index contributed by atoms with van der Waals surface area (Å²) in [5.41, 5.74) is 2.46. The molecule has 6 heteroatoms. The van der Waals surface area contributed by atoms with Crippen molar-refractivity contribution in [3.05, 3.63) is 34.9 Å². The van der Waals surface area contributed by atoms with Crippen molar-refractivity contribution in [1.29, 1.82) is 0 Å². The summed E-state index contributed by atoms with van der Waals surface area (Å²) in [7, 11) is 0. The highest BCUT2D eigenvalue weighted by molar-refractivity contribution is 6.09. The molecule has 2 aliphatic rings. The minimum absolute atomic E-state index is 0.192. The highest BCUT2D eigenvalue weighted by Crippen LogP contribution is 2.37. The number of nitrogens with zero attached hydrogens (tertiary/aromatic N) is 1. The van der Waals surface area contributed by atoms with Crippen LogP contribution in [0.5, 0.6) is 0 Å². The topological polar surface area (TPSA) is 78.5 Å². The second-order valence-electron chi connectivity index (χ2n) is 8.40. The molecule has 1 atom stereocenters. The van der Waals surface area contributed by atoms with Crippen molar-refractivity contribution in [2.45, 2.75) is 71.4 Å². The van der Waals surface area contributed by atoms with Gasteiger partial charge < -0.3 is 10.6 Å². The van der Waals surface area contributed by atoms with Gasteiger partial charge in [0.2, 0.25) is 5.91 Å². The quantitative estimate of drug-likeness (QED) is 0.763. The lowest BCUT2D eigenvalue weighted by Crippen LogP contribution is -2.50. The first-order valence-electron chi connectivity index (χ1n) is 10.3. The van der Waals surface area contributed by atoms with Gasteiger partial charge in [0.1, 0.15) is 12.1 Å². The van der Waals surface area contributed by atoms with Gasteiger partial charge in [-0.2, -0.15) is 0 Å². The number of hydrogen-bond acceptors (Lipinski definition) is 3. The number of hydrogen-bond donors (Lipinski definition) is 2. The molecule has 1 aromatic carbocycles. The Balaban J connectivity index is 1.63. The van der Waals surface area contributed by atoms with Crippen LogP contribution in [-0.4, -0.2) is 34.8 Å². The van der Waals surface area contributed by atoms with E-state index >= 15 is 0 Å². The van der Waals surface area contributed by atoms with Gasteiger partial charge >= 0.3 is 6.03 Å². The fourth-order valence-corrected chi connectivity index (χ4v) is 4.47. The lowest BCUT2D eigenvalue weighted by atomic mass is 9.75. The Labute approximate surface area is 167 Å². The van der Waals surface area contributed by atoms with Crippen molar-refractivity contribution >= 4 is 17.8 Å². The highest BCUT2D eigenvalue weighted by Gasteiger charge is 2.52. The third-order valence-electron chi connectivity index (χ3n) is 6.36. The number of aryl methyl sites for hydroxylation is 2. The summed E-state index contributed by atoms with van der Waals surface area (Å²) in [5, 5.41) is 5.81. The van der Waals surface area contributed by atoms with E-state index < -0.39 is 11.6 Å². The number of carbonyl (C=O) groups excluding carboxylic acids is 3. The maximum atomic E-state index is 12.9. The molecule has 1 heterocycles. The monoisotopic (exact) mass is 385 g/mol. The van der Waals surface area contributed by atoms with Crippen molar-refractivity contribution in [1.82, 2.24) is 15.5 Å². The van der Waals surface area contributed by atoms with E-state index in [1.807, 2.05) is 32.9 Å². The molecular weight excluding hydrogens is 354 g/mol. The second-order valence-corrected chi connectivity index (χ2v) is 8.40. The van der Waals surface area contributed by atoms with Gasteiger partial charge in [-0.05, 0) is 63.5 Å². The third-order valence-corrected chi connectivity index (χ3v) is 6.36. The molecule has 2 N–H and O–H groups in total. The molecule has 0 bridgehead atoms. The number of amides is 4. The van der Waals surface area contributed by atoms with Crippen molar-refractivity contribution in [2.24, 2.45) is 5.92 Å². The Bertz CT molecular complexity index is 781. The number of nitrogens with one attached hydrogen (secondary N) is 2. The van der Waals surface area contributed by atoms with Gasteiger partial charge in [0.05, 0.1) is 6.04 Å². The number of carbonyl (C=O) groups is 3. The van der Waals surface area contributed by atoms with Gasteiger partial charge in [0.25, 0.3) is 5.91 Å². The Morgan fingerprint density at radius 2 is 1.96 bits per heavy atom. The Morgan fingerprint density at radius 3 is 2.61 bits per heavy atom. The van der Waals surface area contributed by atoms with Crippen LogP contribution < -0.4 is 10.6 Å². The van der Waals surface area contributed by atoms with E-state index in [9.17, 15) is 14.4 Å². The first-order valence-corrected chi connectivity index (χ1v) is 10.3. The number of urea groups is 1. The minimum Gasteiger partial charge on any atom is -0.348 e. The predicted molar refractivity (Wildman–Crippen MR) is 108 cm³/mol. The molecule has 152 valence electrons. The normalized spacial score (nSPS) is 25.7. The van der Waals surface area contributed by atoms with Crippen molar-refractivity contribution in [3.63, 3.8) is 0 Å². The Kier molecular flexibility index (Phi) is 5.77. The van der Waals surface area contributed by atoms with Crippen molar-refractivity contribution < 1.29 is 14.4 Å². The molecule has 1 aliphatic carbocycles. The third kappa shape index (κ3) is 3.91. The van der Waals surface area contributed by atoms with Crippen LogP contribution in [0.1, 0.15) is 68.7 Å². The number of rotatable bonds is 5. The Hall–Kier alpha value is -2.37. The SMILES string of the molecule is CCC1CCC2(CC1)NC(=O)N(CC(=O)NC(C)c1cc(C)ccc1C)C2=O. The summed E-state index contributed by atoms with van der Waals surface area (Å²) >= 11 is 0. The highest BCUT2D eigenvalue weighted by atomic mass is 16.2. The molecule has 0 radical (unpaired) electrons. The van der Waals surface area contributed by atoms with Crippen LogP contribution >= 0.6 is 0 Å². The molecule has 1 unspecified atom stereocenters. The fourth-order valence-electron chi connectivity index (χ4n) is 4.47. The molecule has 1 aliphatic heterocycles. The molecule has 1 aromatic rings. The van der Waals surface area contributed by atoms with E-state index in [1.165, 1.54) is 0 Å². The van der Waals surface area contributed by atoms with Crippen LogP contribution in [0.3, 0.4) is 0 Å². The zero-order valence-corrected chi connectivity index (χ0v) is 17.3. The Morgan fingerprint density at radius 1 is 1.29 bits per heavy atom. The van der Waals surface area contributed by atoms with Crippen LogP contribution in [0.4, 0.5) is 4.79 Å². The molecule has 4 amide bonds. The van der Waals surface area contributed by atoms with Crippen LogP contribution in [0.2, 0.25) is 0 Å². The molecule has 28 heavy (non-hydrogen) atoms. The summed E-state index contributed by atoms with van der Waals surface area (Å²) in [6, 6.07) is 5.47. The van der Waals surface area contributed by atoms with Gasteiger partial charge in [-0.15, -0.1) is 0 Å². The average Bonchev–Trinajstić information content (AvgIpc) is 2.88. The van der Waals surface area contributed by atoms with Gasteiger partial charge in [-0.3, -0.25) is 14.5 Å². The second kappa shape index (κ2) is 7.94. The van der Waals surface area contributed by atoms with Crippen molar-refractivity contribution in [3.8, 4) is 0 Å². The van der Waals surface area contributed by atoms with Crippen LogP contribution in [-0.2, 0) is 9.59 Å². The number of benzene rings is 1. The maximum Gasteiger partial charge on any atom is 0.325 e. The molecular formula is C22H31N3O3. The van der Waals surface area contributed by atoms with Crippen molar-refractivity contribution in [2.75, 3.05) is 6.54 Å². The van der Waals surface area contributed by atoms with E-state index in [0.717, 1.165) is 40.9 Å². The largest absolute Gasteiger partial charge is 0.348 e. The molecule has 1 saturated heterocycles. The average molecular weight is 386 g/mol. The van der Waals surface area contributed by atoms with Gasteiger partial charge in [-0.25, -0.2) is 4.79 Å². The van der Waals surface area contributed by atoms with E-state index in [0.29, 0.717) is 18.8 Å². The van der Waals surface area contributed by atoms with Gasteiger partial charge in [0.15, 0.2) is 0 Å². The molecule has 1 spiro atoms. The minimum atomic E-state index is -0.804. The number of imide groups is 1. The summed E-state index contributed by atoms with van der Waals surface area (Å²) in [6.45, 7) is 7.85. The van der Waals surface area contributed by atoms with Gasteiger partial charge in [0, 0.05) is 0 Å². The maximum absolute atomic E-state index is 12.9. The predicted octanol–water partition coefficient (Wildman–Crippen LogP) is 3.37. The van der Waals surface area contributed by atoms with E-state index in [4.69, 9.17) is 0 Å². The first kappa shape index (κ1) is 20.4. The summed E-state index contributed by atoms with van der Waals surface area (Å²) in [6.07, 6.45) is 4.29. The molecule has 1 saturated carbocycles. The molecule has 6 nitrogen and oxygen atoms in total. The lowest BCUT2D eigenvalue weighted by molar-refractivity contribution is -0.136. The molecule has 3 rings (SSSR count). The standard InChI is InChI=1S/C22H31N3O3/c1-5-17-8-10-22(11-9-17)20(27)25(21(28)24-22)13-19(26)23-16(4)18-12-14(2)6-7-15(18)3/h6-7,12,16-17H,5,8-11,13H2,1-4H3,(H,23,26)(H,24,28). The molecule has 2 fully saturated rings. The molecule has 0 aromatic heterocycles. The van der Waals surface area contributed by atoms with E-state index in [1.54, 1.807) is 0 Å².